The smallest absolute Gasteiger partial charge is 0.222 e. The fourth-order valence-electron chi connectivity index (χ4n) is 1.65. The fourth-order valence-corrected chi connectivity index (χ4v) is 5.60. The minimum Gasteiger partial charge on any atom is -0.353 e. The Hall–Kier alpha value is -1.14. The van der Waals surface area contributed by atoms with Gasteiger partial charge < -0.3 is 9.80 Å². The first-order chi connectivity index (χ1) is 11.5. The summed E-state index contributed by atoms with van der Waals surface area (Å²) >= 11 is 0. The third-order valence-corrected chi connectivity index (χ3v) is 7.16. The van der Waals surface area contributed by atoms with Crippen LogP contribution in [-0.4, -0.2) is 38.2 Å². The van der Waals surface area contributed by atoms with Crippen molar-refractivity contribution in [2.45, 2.75) is 0 Å². The normalized spacial score (nSPS) is 12.2. The molecule has 3 rings (SSSR count). The van der Waals surface area contributed by atoms with Crippen molar-refractivity contribution in [3.8, 4) is 0 Å². The number of rotatable bonds is 4. The maximum absolute atomic E-state index is 4.55. The summed E-state index contributed by atoms with van der Waals surface area (Å²) in [6, 6.07) is 7.79. The van der Waals surface area contributed by atoms with Gasteiger partial charge in [-0.2, -0.15) is 9.97 Å². The van der Waals surface area contributed by atoms with Gasteiger partial charge in [-0.15, -0.1) is 17.0 Å². The molecule has 2 heterocycles. The zero-order valence-corrected chi connectivity index (χ0v) is 19.0. The van der Waals surface area contributed by atoms with Gasteiger partial charge in [0.15, 0.2) is 10.3 Å². The van der Waals surface area contributed by atoms with Gasteiger partial charge in [-0.1, -0.05) is 0 Å². The number of anilines is 2. The van der Waals surface area contributed by atoms with Crippen LogP contribution in [0.5, 0.6) is 0 Å². The highest BCUT2D eigenvalue weighted by Crippen LogP contribution is 2.21. The van der Waals surface area contributed by atoms with Crippen molar-refractivity contribution in [2.75, 3.05) is 38.0 Å². The van der Waals surface area contributed by atoms with Gasteiger partial charge in [0.05, 0.1) is 11.4 Å². The maximum atomic E-state index is 4.55. The third-order valence-electron chi connectivity index (χ3n) is 2.83. The van der Waals surface area contributed by atoms with E-state index in [1.807, 2.05) is 62.3 Å². The average Bonchev–Trinajstić information content (AvgIpc) is 3.19. The lowest BCUT2D eigenvalue weighted by molar-refractivity contribution is 1.08. The minimum absolute atomic E-state index is 0. The Bertz CT molecular complexity index is 858. The van der Waals surface area contributed by atoms with E-state index in [1.165, 1.54) is 0 Å². The summed E-state index contributed by atoms with van der Waals surface area (Å²) < 4.78 is 0. The van der Waals surface area contributed by atoms with Crippen LogP contribution in [0.15, 0.2) is 34.3 Å². The molecule has 3 aromatic rings. The zero-order chi connectivity index (χ0) is 17.1. The van der Waals surface area contributed by atoms with E-state index in [2.05, 4.69) is 20.0 Å². The number of hydrogen-bond donors (Lipinski definition) is 0. The number of aromatic nitrogens is 2. The molecule has 0 saturated carbocycles. The summed E-state index contributed by atoms with van der Waals surface area (Å²) in [6.07, 6.45) is 0. The van der Waals surface area contributed by atoms with Gasteiger partial charge in [0, 0.05) is 28.2 Å². The van der Waals surface area contributed by atoms with E-state index in [9.17, 15) is 0 Å². The Morgan fingerprint density at radius 3 is 1.32 bits per heavy atom. The summed E-state index contributed by atoms with van der Waals surface area (Å²) in [6.45, 7) is 0. The van der Waals surface area contributed by atoms with Gasteiger partial charge in [-0.05, 0) is 65.6 Å². The molecule has 0 aliphatic carbocycles. The van der Waals surface area contributed by atoms with Gasteiger partial charge in [0.1, 0.15) is 0 Å². The lowest BCUT2D eigenvalue weighted by Crippen LogP contribution is -2.10. The second-order valence-electron chi connectivity index (χ2n) is 5.22. The van der Waals surface area contributed by atoms with E-state index < -0.39 is 0 Å². The number of halogens is 1. The monoisotopic (exact) mass is 476 g/mol. The first kappa shape index (κ1) is 20.2. The predicted molar refractivity (Wildman–Crippen MR) is 116 cm³/mol. The van der Waals surface area contributed by atoms with Crippen molar-refractivity contribution in [2.24, 2.45) is 9.98 Å². The average molecular weight is 478 g/mol. The molecule has 0 N–H and O–H groups in total. The minimum atomic E-state index is 0. The fraction of sp³-hybridized carbons (Fsp3) is 0.286. The Labute approximate surface area is 171 Å². The first-order valence-electron chi connectivity index (χ1n) is 7.00. The molecule has 0 atom stereocenters. The summed E-state index contributed by atoms with van der Waals surface area (Å²) in [5.74, 6) is 0. The quantitative estimate of drug-likeness (QED) is 0.535. The summed E-state index contributed by atoms with van der Waals surface area (Å²) in [7, 11) is 14.3. The van der Waals surface area contributed by atoms with Gasteiger partial charge >= 0.3 is 0 Å². The summed E-state index contributed by atoms with van der Waals surface area (Å²) in [4.78, 5) is 23.6. The van der Waals surface area contributed by atoms with Crippen LogP contribution in [0.1, 0.15) is 0 Å². The molecule has 1 aromatic carbocycles. The van der Waals surface area contributed by atoms with Gasteiger partial charge in [-0.3, -0.25) is 0 Å². The lowest BCUT2D eigenvalue weighted by Gasteiger charge is -2.03. The van der Waals surface area contributed by atoms with Gasteiger partial charge in [-0.25, -0.2) is 9.98 Å². The van der Waals surface area contributed by atoms with Gasteiger partial charge in [0.2, 0.25) is 9.60 Å². The Balaban J connectivity index is 0.00000225. The van der Waals surface area contributed by atoms with E-state index in [1.54, 1.807) is 41.4 Å². The van der Waals surface area contributed by atoms with Crippen molar-refractivity contribution >= 4 is 80.0 Å². The highest BCUT2D eigenvalue weighted by atomic mass is 79.9. The largest absolute Gasteiger partial charge is 0.353 e. The molecule has 6 nitrogen and oxygen atoms in total. The molecule has 0 radical (unpaired) electrons. The molecule has 134 valence electrons. The van der Waals surface area contributed by atoms with Crippen LogP contribution in [0, 0.1) is 0 Å². The van der Waals surface area contributed by atoms with E-state index in [4.69, 9.17) is 0 Å². The molecule has 2 aromatic heterocycles. The van der Waals surface area contributed by atoms with Crippen LogP contribution < -0.4 is 19.4 Å². The van der Waals surface area contributed by atoms with Crippen LogP contribution in [0.25, 0.3) is 0 Å². The molecule has 11 heteroatoms. The molecular formula is C14H17BrN6S4. The second kappa shape index (κ2) is 8.99. The summed E-state index contributed by atoms with van der Waals surface area (Å²) in [5.41, 5.74) is 1.74. The SMILES string of the molecule is Br.CN(C)c1nc(=Nc2ccc(N=c3nc(N(C)C)ss3)cc2)ss1. The van der Waals surface area contributed by atoms with Gasteiger partial charge in [0.25, 0.3) is 0 Å². The number of nitrogens with zero attached hydrogens (tertiary/aromatic N) is 6. The van der Waals surface area contributed by atoms with Crippen LogP contribution in [0.2, 0.25) is 0 Å². The molecule has 0 bridgehead atoms. The number of hydrogen-bond acceptors (Lipinski definition) is 10. The van der Waals surface area contributed by atoms with E-state index in [-0.39, 0.29) is 17.0 Å². The van der Waals surface area contributed by atoms with Crippen molar-refractivity contribution in [1.82, 2.24) is 9.97 Å². The van der Waals surface area contributed by atoms with Crippen molar-refractivity contribution in [1.29, 1.82) is 0 Å². The van der Waals surface area contributed by atoms with Crippen molar-refractivity contribution in [3.63, 3.8) is 0 Å². The van der Waals surface area contributed by atoms with Crippen LogP contribution >= 0.6 is 58.3 Å². The maximum Gasteiger partial charge on any atom is 0.222 e. The molecule has 0 amide bonds. The molecule has 0 saturated heterocycles. The van der Waals surface area contributed by atoms with Crippen LogP contribution in [-0.2, 0) is 0 Å². The third kappa shape index (κ3) is 5.42. The first-order valence-corrected chi connectivity index (χ1v) is 11.3. The standard InChI is InChI=1S/C14H16N6S4.BrH/c1-19(2)13-17-11(21-23-13)15-9-5-7-10(8-6-9)16-12-18-14(20(3)4)24-22-12;/h5-8H,1-4H3;1H. The topological polar surface area (TPSA) is 57.0 Å². The Morgan fingerprint density at radius 2 is 1.04 bits per heavy atom. The molecule has 0 aliphatic heterocycles. The zero-order valence-electron chi connectivity index (χ0n) is 14.0. The van der Waals surface area contributed by atoms with Crippen molar-refractivity contribution in [3.05, 3.63) is 33.9 Å². The molecule has 0 unspecified atom stereocenters. The van der Waals surface area contributed by atoms with Crippen LogP contribution in [0.4, 0.5) is 21.6 Å². The highest BCUT2D eigenvalue weighted by Gasteiger charge is 2.02. The summed E-state index contributed by atoms with van der Waals surface area (Å²) in [5, 5.41) is 1.93. The molecule has 0 spiro atoms. The van der Waals surface area contributed by atoms with Crippen LogP contribution in [0.3, 0.4) is 0 Å². The molecule has 25 heavy (non-hydrogen) atoms. The Morgan fingerprint density at radius 1 is 0.680 bits per heavy atom. The van der Waals surface area contributed by atoms with Crippen molar-refractivity contribution < 1.29 is 0 Å². The predicted octanol–water partition coefficient (Wildman–Crippen LogP) is 3.90. The highest BCUT2D eigenvalue weighted by molar-refractivity contribution is 8.93. The second-order valence-corrected chi connectivity index (χ2v) is 9.34. The Kier molecular flexibility index (Phi) is 7.25. The lowest BCUT2D eigenvalue weighted by atomic mass is 10.3. The number of benzene rings is 1. The van der Waals surface area contributed by atoms with E-state index in [0.717, 1.165) is 31.2 Å². The van der Waals surface area contributed by atoms with E-state index in [0.29, 0.717) is 0 Å². The molecule has 0 fully saturated rings. The molecular weight excluding hydrogens is 460 g/mol. The van der Waals surface area contributed by atoms with E-state index >= 15 is 0 Å². The molecule has 0 aliphatic rings.